The van der Waals surface area contributed by atoms with E-state index in [0.29, 0.717) is 24.3 Å². The molecule has 0 saturated carbocycles. The van der Waals surface area contributed by atoms with Crippen molar-refractivity contribution < 1.29 is 19.1 Å². The fraction of sp³-hybridized carbons (Fsp3) is 0.308. The van der Waals surface area contributed by atoms with Crippen LogP contribution in [0.3, 0.4) is 0 Å². The first kappa shape index (κ1) is 23.1. The number of benzene rings is 2. The van der Waals surface area contributed by atoms with Crippen molar-refractivity contribution in [2.24, 2.45) is 0 Å². The van der Waals surface area contributed by atoms with Crippen molar-refractivity contribution in [2.75, 3.05) is 13.2 Å². The highest BCUT2D eigenvalue weighted by Crippen LogP contribution is 2.23. The molecule has 2 rings (SSSR count). The summed E-state index contributed by atoms with van der Waals surface area (Å²) >= 11 is 0. The Labute approximate surface area is 179 Å². The molecule has 0 aliphatic rings. The van der Waals surface area contributed by atoms with Gasteiger partial charge in [0.15, 0.2) is 0 Å². The van der Waals surface area contributed by atoms with Crippen LogP contribution < -0.4 is 0 Å². The Balaban J connectivity index is 2.14. The highest BCUT2D eigenvalue weighted by atomic mass is 16.5. The molecule has 0 saturated heterocycles. The van der Waals surface area contributed by atoms with Gasteiger partial charge in [-0.25, -0.2) is 9.59 Å². The fourth-order valence-corrected chi connectivity index (χ4v) is 2.94. The first-order valence-corrected chi connectivity index (χ1v) is 10.4. The Hall–Kier alpha value is -3.14. The molecule has 0 amide bonds. The fourth-order valence-electron chi connectivity index (χ4n) is 2.94. The summed E-state index contributed by atoms with van der Waals surface area (Å²) in [6.45, 7) is 8.05. The molecular weight excluding hydrogens is 376 g/mol. The highest BCUT2D eigenvalue weighted by Gasteiger charge is 2.16. The van der Waals surface area contributed by atoms with Crippen LogP contribution >= 0.6 is 0 Å². The van der Waals surface area contributed by atoms with Gasteiger partial charge < -0.3 is 9.47 Å². The number of ether oxygens (including phenoxy) is 2. The van der Waals surface area contributed by atoms with Crippen LogP contribution in [0, 0.1) is 0 Å². The molecule has 0 heterocycles. The number of carbonyl (C=O) groups excluding carboxylic acids is 2. The Bertz CT molecular complexity index is 791. The zero-order valence-corrected chi connectivity index (χ0v) is 17.5. The van der Waals surface area contributed by atoms with Gasteiger partial charge in [-0.1, -0.05) is 42.5 Å². The predicted molar refractivity (Wildman–Crippen MR) is 121 cm³/mol. The number of hydrogen-bond donors (Lipinski definition) is 0. The molecular formula is C26H30O4. The van der Waals surface area contributed by atoms with Gasteiger partial charge in [0.2, 0.25) is 0 Å². The van der Waals surface area contributed by atoms with Crippen LogP contribution in [0.2, 0.25) is 0 Å². The number of hydrogen-bond acceptors (Lipinski definition) is 4. The third-order valence-electron chi connectivity index (χ3n) is 4.58. The van der Waals surface area contributed by atoms with Gasteiger partial charge in [0.05, 0.1) is 24.3 Å². The van der Waals surface area contributed by atoms with Crippen molar-refractivity contribution in [1.82, 2.24) is 0 Å². The Morgan fingerprint density at radius 1 is 0.700 bits per heavy atom. The molecule has 0 aliphatic carbocycles. The Morgan fingerprint density at radius 3 is 1.67 bits per heavy atom. The van der Waals surface area contributed by atoms with Crippen LogP contribution in [0.5, 0.6) is 0 Å². The SMILES string of the molecule is C=CCCCCOC(=O)c1cc(C(=O)OCCCCC=C)cc(-c2ccccc2)c1. The average Bonchev–Trinajstić information content (AvgIpc) is 2.78. The van der Waals surface area contributed by atoms with Crippen molar-refractivity contribution >= 4 is 11.9 Å². The van der Waals surface area contributed by atoms with E-state index in [4.69, 9.17) is 9.47 Å². The smallest absolute Gasteiger partial charge is 0.338 e. The predicted octanol–water partition coefficient (Wildman–Crippen LogP) is 6.38. The minimum Gasteiger partial charge on any atom is -0.462 e. The van der Waals surface area contributed by atoms with Crippen LogP contribution in [0.4, 0.5) is 0 Å². The molecule has 0 unspecified atom stereocenters. The second-order valence-electron chi connectivity index (χ2n) is 7.01. The first-order valence-electron chi connectivity index (χ1n) is 10.4. The normalized spacial score (nSPS) is 10.3. The summed E-state index contributed by atoms with van der Waals surface area (Å²) in [5.74, 6) is -0.877. The van der Waals surface area contributed by atoms with Gasteiger partial charge >= 0.3 is 11.9 Å². The average molecular weight is 407 g/mol. The third kappa shape index (κ3) is 7.70. The molecule has 0 aromatic heterocycles. The van der Waals surface area contributed by atoms with Crippen LogP contribution in [0.25, 0.3) is 11.1 Å². The maximum absolute atomic E-state index is 12.6. The monoisotopic (exact) mass is 406 g/mol. The molecule has 4 heteroatoms. The third-order valence-corrected chi connectivity index (χ3v) is 4.58. The molecule has 0 aliphatic heterocycles. The standard InChI is InChI=1S/C26H30O4/c1-3-5-7-12-16-29-25(27)23-18-22(21-14-10-9-11-15-21)19-24(20-23)26(28)30-17-13-8-6-4-2/h3-4,9-11,14-15,18-20H,1-2,5-8,12-13,16-17H2. The molecule has 2 aromatic rings. The number of allylic oxidation sites excluding steroid dienone is 2. The van der Waals surface area contributed by atoms with Crippen molar-refractivity contribution in [2.45, 2.75) is 38.5 Å². The quantitative estimate of drug-likeness (QED) is 0.220. The molecule has 0 bridgehead atoms. The van der Waals surface area contributed by atoms with E-state index in [2.05, 4.69) is 13.2 Å². The lowest BCUT2D eigenvalue weighted by Gasteiger charge is -2.11. The lowest BCUT2D eigenvalue weighted by molar-refractivity contribution is 0.0497. The van der Waals surface area contributed by atoms with Gasteiger partial charge in [-0.05, 0) is 67.9 Å². The number of esters is 2. The first-order chi connectivity index (χ1) is 14.7. The van der Waals surface area contributed by atoms with Crippen molar-refractivity contribution in [3.8, 4) is 11.1 Å². The van der Waals surface area contributed by atoms with Crippen LogP contribution in [-0.4, -0.2) is 25.2 Å². The zero-order valence-electron chi connectivity index (χ0n) is 17.5. The maximum atomic E-state index is 12.6. The summed E-state index contributed by atoms with van der Waals surface area (Å²) < 4.78 is 10.8. The van der Waals surface area contributed by atoms with E-state index in [0.717, 1.165) is 49.7 Å². The summed E-state index contributed by atoms with van der Waals surface area (Å²) in [5.41, 5.74) is 2.38. The molecule has 0 fully saturated rings. The lowest BCUT2D eigenvalue weighted by atomic mass is 9.99. The minimum absolute atomic E-state index is 0.339. The van der Waals surface area contributed by atoms with E-state index in [1.165, 1.54) is 0 Å². The summed E-state index contributed by atoms with van der Waals surface area (Å²) in [7, 11) is 0. The zero-order chi connectivity index (χ0) is 21.6. The number of unbranched alkanes of at least 4 members (excludes halogenated alkanes) is 4. The molecule has 30 heavy (non-hydrogen) atoms. The molecule has 0 spiro atoms. The summed E-state index contributed by atoms with van der Waals surface area (Å²) in [6, 6.07) is 14.7. The van der Waals surface area contributed by atoms with Crippen LogP contribution in [0.15, 0.2) is 73.8 Å². The molecule has 0 radical (unpaired) electrons. The second-order valence-corrected chi connectivity index (χ2v) is 7.01. The molecule has 4 nitrogen and oxygen atoms in total. The molecule has 158 valence electrons. The van der Waals surface area contributed by atoms with Crippen molar-refractivity contribution in [1.29, 1.82) is 0 Å². The van der Waals surface area contributed by atoms with Gasteiger partial charge in [-0.3, -0.25) is 0 Å². The van der Waals surface area contributed by atoms with E-state index < -0.39 is 11.9 Å². The van der Waals surface area contributed by atoms with Gasteiger partial charge in [0.1, 0.15) is 0 Å². The highest BCUT2D eigenvalue weighted by molar-refractivity contribution is 5.97. The van der Waals surface area contributed by atoms with Gasteiger partial charge in [0, 0.05) is 0 Å². The Morgan fingerprint density at radius 2 is 1.20 bits per heavy atom. The molecule has 2 aromatic carbocycles. The Kier molecular flexibility index (Phi) is 10.1. The van der Waals surface area contributed by atoms with Gasteiger partial charge in [-0.2, -0.15) is 0 Å². The molecule has 0 N–H and O–H groups in total. The second kappa shape index (κ2) is 13.2. The molecule has 0 atom stereocenters. The summed E-state index contributed by atoms with van der Waals surface area (Å²) in [5, 5.41) is 0. The van der Waals surface area contributed by atoms with E-state index in [-0.39, 0.29) is 0 Å². The maximum Gasteiger partial charge on any atom is 0.338 e. The minimum atomic E-state index is -0.439. The van der Waals surface area contributed by atoms with Crippen molar-refractivity contribution in [3.05, 3.63) is 85.0 Å². The van der Waals surface area contributed by atoms with Gasteiger partial charge in [-0.15, -0.1) is 13.2 Å². The topological polar surface area (TPSA) is 52.6 Å². The van der Waals surface area contributed by atoms with Crippen LogP contribution in [0.1, 0.15) is 59.2 Å². The number of rotatable bonds is 13. The van der Waals surface area contributed by atoms with E-state index in [9.17, 15) is 9.59 Å². The summed E-state index contributed by atoms with van der Waals surface area (Å²) in [6.07, 6.45) is 8.87. The van der Waals surface area contributed by atoms with E-state index >= 15 is 0 Å². The summed E-state index contributed by atoms with van der Waals surface area (Å²) in [4.78, 5) is 25.1. The number of carbonyl (C=O) groups is 2. The largest absolute Gasteiger partial charge is 0.462 e. The lowest BCUT2D eigenvalue weighted by Crippen LogP contribution is -2.11. The van der Waals surface area contributed by atoms with Crippen molar-refractivity contribution in [3.63, 3.8) is 0 Å². The van der Waals surface area contributed by atoms with Gasteiger partial charge in [0.25, 0.3) is 0 Å². The van der Waals surface area contributed by atoms with E-state index in [1.54, 1.807) is 18.2 Å². The van der Waals surface area contributed by atoms with Crippen LogP contribution in [-0.2, 0) is 9.47 Å². The van der Waals surface area contributed by atoms with E-state index in [1.807, 2.05) is 42.5 Å².